The van der Waals surface area contributed by atoms with Crippen LogP contribution in [0.2, 0.25) is 0 Å². The molecule has 0 saturated heterocycles. The van der Waals surface area contributed by atoms with Crippen LogP contribution in [-0.4, -0.2) is 19.7 Å². The standard InChI is InChI=1S/C15H26N2O/c1-11(2)7-8-17-12(3)9-13-5-6-15(18-4)14(16)10-13/h5-6,10-12,17H,7-9,16H2,1-4H3. The van der Waals surface area contributed by atoms with Crippen molar-refractivity contribution in [2.45, 2.75) is 39.7 Å². The van der Waals surface area contributed by atoms with Gasteiger partial charge in [0.25, 0.3) is 0 Å². The monoisotopic (exact) mass is 250 g/mol. The maximum Gasteiger partial charge on any atom is 0.141 e. The second-order valence-electron chi connectivity index (χ2n) is 5.32. The normalized spacial score (nSPS) is 12.7. The Morgan fingerprint density at radius 2 is 2.00 bits per heavy atom. The number of methoxy groups -OCH3 is 1. The zero-order valence-electron chi connectivity index (χ0n) is 12.0. The van der Waals surface area contributed by atoms with Gasteiger partial charge in [-0.2, -0.15) is 0 Å². The van der Waals surface area contributed by atoms with Crippen LogP contribution in [0.4, 0.5) is 5.69 Å². The highest BCUT2D eigenvalue weighted by molar-refractivity contribution is 5.54. The maximum atomic E-state index is 5.90. The minimum Gasteiger partial charge on any atom is -0.495 e. The lowest BCUT2D eigenvalue weighted by Gasteiger charge is -2.15. The van der Waals surface area contributed by atoms with Crippen molar-refractivity contribution < 1.29 is 4.74 Å². The first kappa shape index (κ1) is 14.8. The first-order valence-corrected chi connectivity index (χ1v) is 6.68. The van der Waals surface area contributed by atoms with Gasteiger partial charge in [0, 0.05) is 6.04 Å². The average molecular weight is 250 g/mol. The number of nitrogens with two attached hydrogens (primary N) is 1. The lowest BCUT2D eigenvalue weighted by molar-refractivity contribution is 0.416. The van der Waals surface area contributed by atoms with E-state index in [2.05, 4.69) is 32.2 Å². The van der Waals surface area contributed by atoms with E-state index >= 15 is 0 Å². The summed E-state index contributed by atoms with van der Waals surface area (Å²) in [4.78, 5) is 0. The molecule has 0 aliphatic heterocycles. The highest BCUT2D eigenvalue weighted by Crippen LogP contribution is 2.22. The highest BCUT2D eigenvalue weighted by atomic mass is 16.5. The van der Waals surface area contributed by atoms with E-state index in [0.717, 1.165) is 24.6 Å². The van der Waals surface area contributed by atoms with Crippen molar-refractivity contribution in [2.75, 3.05) is 19.4 Å². The average Bonchev–Trinajstić information content (AvgIpc) is 2.28. The van der Waals surface area contributed by atoms with Crippen molar-refractivity contribution in [2.24, 2.45) is 5.92 Å². The van der Waals surface area contributed by atoms with E-state index < -0.39 is 0 Å². The van der Waals surface area contributed by atoms with E-state index in [1.807, 2.05) is 12.1 Å². The minimum absolute atomic E-state index is 0.469. The fourth-order valence-electron chi connectivity index (χ4n) is 1.95. The predicted molar refractivity (Wildman–Crippen MR) is 78.0 cm³/mol. The van der Waals surface area contributed by atoms with Crippen molar-refractivity contribution >= 4 is 5.69 Å². The number of nitrogen functional groups attached to an aromatic ring is 1. The van der Waals surface area contributed by atoms with Crippen molar-refractivity contribution in [1.29, 1.82) is 0 Å². The fraction of sp³-hybridized carbons (Fsp3) is 0.600. The number of benzene rings is 1. The van der Waals surface area contributed by atoms with E-state index in [1.165, 1.54) is 12.0 Å². The van der Waals surface area contributed by atoms with Gasteiger partial charge in [-0.15, -0.1) is 0 Å². The molecule has 0 fully saturated rings. The Bertz CT molecular complexity index is 364. The van der Waals surface area contributed by atoms with Gasteiger partial charge in [0.05, 0.1) is 12.8 Å². The van der Waals surface area contributed by atoms with Crippen LogP contribution >= 0.6 is 0 Å². The Morgan fingerprint density at radius 1 is 1.28 bits per heavy atom. The van der Waals surface area contributed by atoms with Crippen LogP contribution in [0.1, 0.15) is 32.8 Å². The molecule has 1 aromatic carbocycles. The maximum absolute atomic E-state index is 5.90. The lowest BCUT2D eigenvalue weighted by Crippen LogP contribution is -2.29. The van der Waals surface area contributed by atoms with Crippen LogP contribution < -0.4 is 15.8 Å². The predicted octanol–water partition coefficient (Wildman–Crippen LogP) is 2.84. The van der Waals surface area contributed by atoms with Gasteiger partial charge in [0.1, 0.15) is 5.75 Å². The zero-order valence-corrected chi connectivity index (χ0v) is 12.0. The molecule has 0 bridgehead atoms. The number of ether oxygens (including phenoxy) is 1. The second kappa shape index (κ2) is 7.27. The van der Waals surface area contributed by atoms with Crippen molar-refractivity contribution in [3.05, 3.63) is 23.8 Å². The summed E-state index contributed by atoms with van der Waals surface area (Å²) >= 11 is 0. The molecule has 0 radical (unpaired) electrons. The molecule has 1 unspecified atom stereocenters. The minimum atomic E-state index is 0.469. The summed E-state index contributed by atoms with van der Waals surface area (Å²) in [5.74, 6) is 1.50. The molecule has 1 aromatic rings. The van der Waals surface area contributed by atoms with Crippen LogP contribution in [0.25, 0.3) is 0 Å². The second-order valence-corrected chi connectivity index (χ2v) is 5.32. The van der Waals surface area contributed by atoms with Gasteiger partial charge in [-0.1, -0.05) is 19.9 Å². The molecular weight excluding hydrogens is 224 g/mol. The number of nitrogens with one attached hydrogen (secondary N) is 1. The van der Waals surface area contributed by atoms with Gasteiger partial charge in [-0.05, 0) is 49.9 Å². The first-order chi connectivity index (χ1) is 8.52. The van der Waals surface area contributed by atoms with E-state index in [9.17, 15) is 0 Å². The Labute approximate surface area is 111 Å². The van der Waals surface area contributed by atoms with Crippen molar-refractivity contribution in [3.8, 4) is 5.75 Å². The Kier molecular flexibility index (Phi) is 5.99. The summed E-state index contributed by atoms with van der Waals surface area (Å²) in [6.07, 6.45) is 2.21. The van der Waals surface area contributed by atoms with Gasteiger partial charge in [0.15, 0.2) is 0 Å². The Hall–Kier alpha value is -1.22. The highest BCUT2D eigenvalue weighted by Gasteiger charge is 2.06. The molecule has 0 spiro atoms. The first-order valence-electron chi connectivity index (χ1n) is 6.68. The number of hydrogen-bond acceptors (Lipinski definition) is 3. The summed E-state index contributed by atoms with van der Waals surface area (Å²) < 4.78 is 5.16. The summed E-state index contributed by atoms with van der Waals surface area (Å²) in [6.45, 7) is 7.78. The molecule has 0 aliphatic carbocycles. The Morgan fingerprint density at radius 3 is 2.56 bits per heavy atom. The molecule has 3 nitrogen and oxygen atoms in total. The molecule has 3 N–H and O–H groups in total. The SMILES string of the molecule is COc1ccc(CC(C)NCCC(C)C)cc1N. The van der Waals surface area contributed by atoms with Crippen LogP contribution in [0.15, 0.2) is 18.2 Å². The van der Waals surface area contributed by atoms with Gasteiger partial charge < -0.3 is 15.8 Å². The van der Waals surface area contributed by atoms with E-state index in [1.54, 1.807) is 7.11 Å². The lowest BCUT2D eigenvalue weighted by atomic mass is 10.1. The van der Waals surface area contributed by atoms with Gasteiger partial charge in [0.2, 0.25) is 0 Å². The number of hydrogen-bond donors (Lipinski definition) is 2. The van der Waals surface area contributed by atoms with Gasteiger partial charge in [-0.25, -0.2) is 0 Å². The van der Waals surface area contributed by atoms with Gasteiger partial charge in [-0.3, -0.25) is 0 Å². The van der Waals surface area contributed by atoms with E-state index in [0.29, 0.717) is 11.7 Å². The van der Waals surface area contributed by atoms with Crippen LogP contribution in [0.5, 0.6) is 5.75 Å². The Balaban J connectivity index is 2.44. The number of anilines is 1. The largest absolute Gasteiger partial charge is 0.495 e. The van der Waals surface area contributed by atoms with Crippen molar-refractivity contribution in [3.63, 3.8) is 0 Å². The summed E-state index contributed by atoms with van der Waals surface area (Å²) in [6, 6.07) is 6.48. The number of rotatable bonds is 7. The van der Waals surface area contributed by atoms with Crippen LogP contribution in [0, 0.1) is 5.92 Å². The smallest absolute Gasteiger partial charge is 0.141 e. The van der Waals surface area contributed by atoms with Crippen LogP contribution in [-0.2, 0) is 6.42 Å². The molecule has 1 atom stereocenters. The third-order valence-electron chi connectivity index (χ3n) is 3.05. The topological polar surface area (TPSA) is 47.3 Å². The van der Waals surface area contributed by atoms with Crippen LogP contribution in [0.3, 0.4) is 0 Å². The van der Waals surface area contributed by atoms with Crippen molar-refractivity contribution in [1.82, 2.24) is 5.32 Å². The third-order valence-corrected chi connectivity index (χ3v) is 3.05. The van der Waals surface area contributed by atoms with Gasteiger partial charge >= 0.3 is 0 Å². The quantitative estimate of drug-likeness (QED) is 0.732. The molecule has 0 heterocycles. The van der Waals surface area contributed by atoms with E-state index in [-0.39, 0.29) is 0 Å². The molecule has 18 heavy (non-hydrogen) atoms. The fourth-order valence-corrected chi connectivity index (χ4v) is 1.95. The third kappa shape index (κ3) is 4.96. The zero-order chi connectivity index (χ0) is 13.5. The molecule has 102 valence electrons. The van der Waals surface area contributed by atoms with E-state index in [4.69, 9.17) is 10.5 Å². The molecular formula is C15H26N2O. The molecule has 0 aromatic heterocycles. The molecule has 0 aliphatic rings. The molecule has 0 saturated carbocycles. The summed E-state index contributed by atoms with van der Waals surface area (Å²) in [5.41, 5.74) is 7.86. The summed E-state index contributed by atoms with van der Waals surface area (Å²) in [5, 5.41) is 3.54. The molecule has 0 amide bonds. The molecule has 3 heteroatoms. The summed E-state index contributed by atoms with van der Waals surface area (Å²) in [7, 11) is 1.64. The molecule has 1 rings (SSSR count).